The van der Waals surface area contributed by atoms with Crippen LogP contribution < -0.4 is 20.1 Å². The fourth-order valence-electron chi connectivity index (χ4n) is 2.52. The van der Waals surface area contributed by atoms with Gasteiger partial charge in [0.2, 0.25) is 5.91 Å². The van der Waals surface area contributed by atoms with E-state index in [1.807, 2.05) is 0 Å². The summed E-state index contributed by atoms with van der Waals surface area (Å²) < 4.78 is 10.4. The highest BCUT2D eigenvalue weighted by Crippen LogP contribution is 2.35. The van der Waals surface area contributed by atoms with Crippen molar-refractivity contribution >= 4 is 23.2 Å². The van der Waals surface area contributed by atoms with Crippen molar-refractivity contribution in [1.29, 1.82) is 0 Å². The van der Waals surface area contributed by atoms with E-state index in [-0.39, 0.29) is 12.5 Å². The van der Waals surface area contributed by atoms with Crippen molar-refractivity contribution in [3.05, 3.63) is 17.2 Å². The van der Waals surface area contributed by atoms with Gasteiger partial charge in [0.05, 0.1) is 31.5 Å². The Kier molecular flexibility index (Phi) is 5.70. The van der Waals surface area contributed by atoms with Gasteiger partial charge in [-0.25, -0.2) is 0 Å². The van der Waals surface area contributed by atoms with Crippen molar-refractivity contribution in [2.45, 2.75) is 31.7 Å². The van der Waals surface area contributed by atoms with E-state index in [0.29, 0.717) is 28.3 Å². The fourth-order valence-corrected chi connectivity index (χ4v) is 2.76. The zero-order chi connectivity index (χ0) is 15.2. The lowest BCUT2D eigenvalue weighted by Gasteiger charge is -2.15. The maximum atomic E-state index is 12.0. The van der Waals surface area contributed by atoms with E-state index in [9.17, 15) is 4.79 Å². The molecule has 1 aromatic rings. The Hall–Kier alpha value is -1.46. The minimum Gasteiger partial charge on any atom is -0.495 e. The number of rotatable bonds is 6. The lowest BCUT2D eigenvalue weighted by molar-refractivity contribution is -0.115. The average molecular weight is 313 g/mol. The number of hydrogen-bond donors (Lipinski definition) is 2. The minimum absolute atomic E-state index is 0.110. The average Bonchev–Trinajstić information content (AvgIpc) is 2.99. The third-order valence-electron chi connectivity index (χ3n) is 3.65. The van der Waals surface area contributed by atoms with E-state index in [2.05, 4.69) is 10.6 Å². The molecule has 1 aliphatic rings. The number of amides is 1. The largest absolute Gasteiger partial charge is 0.495 e. The van der Waals surface area contributed by atoms with Gasteiger partial charge in [-0.05, 0) is 18.9 Å². The standard InChI is InChI=1S/C15H21ClN2O3/c1-20-13-8-14(21-2)12(7-11(13)16)18-15(19)9-17-10-5-3-4-6-10/h7-8,10,17H,3-6,9H2,1-2H3,(H,18,19). The molecule has 1 fully saturated rings. The monoisotopic (exact) mass is 312 g/mol. The summed E-state index contributed by atoms with van der Waals surface area (Å²) in [5.41, 5.74) is 0.543. The Morgan fingerprint density at radius 3 is 2.52 bits per heavy atom. The predicted octanol–water partition coefficient (Wildman–Crippen LogP) is 2.83. The number of halogens is 1. The molecule has 0 saturated heterocycles. The summed E-state index contributed by atoms with van der Waals surface area (Å²) in [4.78, 5) is 12.0. The maximum absolute atomic E-state index is 12.0. The van der Waals surface area contributed by atoms with Crippen molar-refractivity contribution in [3.8, 4) is 11.5 Å². The molecule has 1 aromatic carbocycles. The van der Waals surface area contributed by atoms with Crippen molar-refractivity contribution < 1.29 is 14.3 Å². The number of methoxy groups -OCH3 is 2. The quantitative estimate of drug-likeness (QED) is 0.848. The Labute approximate surface area is 130 Å². The van der Waals surface area contributed by atoms with Gasteiger partial charge in [-0.15, -0.1) is 0 Å². The number of anilines is 1. The number of carbonyl (C=O) groups excluding carboxylic acids is 1. The molecular weight excluding hydrogens is 292 g/mol. The molecule has 0 aromatic heterocycles. The zero-order valence-corrected chi connectivity index (χ0v) is 13.1. The lowest BCUT2D eigenvalue weighted by atomic mass is 10.2. The molecule has 0 bridgehead atoms. The smallest absolute Gasteiger partial charge is 0.238 e. The number of hydrogen-bond acceptors (Lipinski definition) is 4. The van der Waals surface area contributed by atoms with Gasteiger partial charge < -0.3 is 20.1 Å². The van der Waals surface area contributed by atoms with Crippen LogP contribution in [0.4, 0.5) is 5.69 Å². The second-order valence-electron chi connectivity index (χ2n) is 5.10. The highest BCUT2D eigenvalue weighted by molar-refractivity contribution is 6.32. The van der Waals surface area contributed by atoms with Crippen molar-refractivity contribution in [1.82, 2.24) is 5.32 Å². The third kappa shape index (κ3) is 4.25. The van der Waals surface area contributed by atoms with E-state index in [1.165, 1.54) is 27.1 Å². The van der Waals surface area contributed by atoms with Crippen LogP contribution in [0.1, 0.15) is 25.7 Å². The Bertz CT molecular complexity index is 502. The Morgan fingerprint density at radius 2 is 1.90 bits per heavy atom. The third-order valence-corrected chi connectivity index (χ3v) is 3.95. The van der Waals surface area contributed by atoms with Gasteiger partial charge in [-0.3, -0.25) is 4.79 Å². The first-order valence-corrected chi connectivity index (χ1v) is 7.46. The normalized spacial score (nSPS) is 15.0. The van der Waals surface area contributed by atoms with E-state index in [0.717, 1.165) is 12.8 Å². The Balaban J connectivity index is 1.97. The molecular formula is C15H21ClN2O3. The van der Waals surface area contributed by atoms with Gasteiger partial charge in [0, 0.05) is 12.1 Å². The molecule has 1 saturated carbocycles. The predicted molar refractivity (Wildman–Crippen MR) is 83.4 cm³/mol. The Morgan fingerprint density at radius 1 is 1.24 bits per heavy atom. The van der Waals surface area contributed by atoms with Gasteiger partial charge in [0.25, 0.3) is 0 Å². The summed E-state index contributed by atoms with van der Waals surface area (Å²) in [6.07, 6.45) is 4.76. The number of benzene rings is 1. The molecule has 0 radical (unpaired) electrons. The number of ether oxygens (including phenoxy) is 2. The summed E-state index contributed by atoms with van der Waals surface area (Å²) >= 11 is 6.08. The van der Waals surface area contributed by atoms with Crippen LogP contribution in [0.3, 0.4) is 0 Å². The van der Waals surface area contributed by atoms with E-state index in [1.54, 1.807) is 12.1 Å². The van der Waals surface area contributed by atoms with Gasteiger partial charge in [0.1, 0.15) is 11.5 Å². The van der Waals surface area contributed by atoms with Crippen molar-refractivity contribution in [2.24, 2.45) is 0 Å². The molecule has 0 atom stereocenters. The molecule has 116 valence electrons. The molecule has 0 unspecified atom stereocenters. The first kappa shape index (κ1) is 15.9. The molecule has 2 N–H and O–H groups in total. The summed E-state index contributed by atoms with van der Waals surface area (Å²) in [6.45, 7) is 0.289. The topological polar surface area (TPSA) is 59.6 Å². The van der Waals surface area contributed by atoms with Crippen molar-refractivity contribution in [3.63, 3.8) is 0 Å². The number of nitrogens with one attached hydrogen (secondary N) is 2. The summed E-state index contributed by atoms with van der Waals surface area (Å²) in [7, 11) is 3.07. The highest BCUT2D eigenvalue weighted by Gasteiger charge is 2.16. The minimum atomic E-state index is -0.110. The fraction of sp³-hybridized carbons (Fsp3) is 0.533. The zero-order valence-electron chi connectivity index (χ0n) is 12.4. The van der Waals surface area contributed by atoms with Gasteiger partial charge >= 0.3 is 0 Å². The maximum Gasteiger partial charge on any atom is 0.238 e. The number of carbonyl (C=O) groups is 1. The highest BCUT2D eigenvalue weighted by atomic mass is 35.5. The van der Waals surface area contributed by atoms with E-state index in [4.69, 9.17) is 21.1 Å². The summed E-state index contributed by atoms with van der Waals surface area (Å²) in [5, 5.41) is 6.50. The van der Waals surface area contributed by atoms with E-state index >= 15 is 0 Å². The second kappa shape index (κ2) is 7.52. The van der Waals surface area contributed by atoms with Gasteiger partial charge in [0.15, 0.2) is 0 Å². The molecule has 21 heavy (non-hydrogen) atoms. The summed E-state index contributed by atoms with van der Waals surface area (Å²) in [5.74, 6) is 0.919. The van der Waals surface area contributed by atoms with Crippen LogP contribution in [-0.2, 0) is 4.79 Å². The lowest BCUT2D eigenvalue weighted by Crippen LogP contribution is -2.34. The molecule has 1 aliphatic carbocycles. The molecule has 5 nitrogen and oxygen atoms in total. The molecule has 6 heteroatoms. The molecule has 0 spiro atoms. The van der Waals surface area contributed by atoms with Gasteiger partial charge in [-0.1, -0.05) is 24.4 Å². The van der Waals surface area contributed by atoms with Crippen LogP contribution in [0.25, 0.3) is 0 Å². The van der Waals surface area contributed by atoms with Crippen LogP contribution in [0, 0.1) is 0 Å². The van der Waals surface area contributed by atoms with Crippen LogP contribution >= 0.6 is 11.6 Å². The molecule has 1 amide bonds. The van der Waals surface area contributed by atoms with Crippen LogP contribution in [0.15, 0.2) is 12.1 Å². The molecule has 0 aliphatic heterocycles. The SMILES string of the molecule is COc1cc(OC)c(NC(=O)CNC2CCCC2)cc1Cl. The molecule has 2 rings (SSSR count). The summed E-state index contributed by atoms with van der Waals surface area (Å²) in [6, 6.07) is 3.74. The van der Waals surface area contributed by atoms with Crippen molar-refractivity contribution in [2.75, 3.05) is 26.1 Å². The van der Waals surface area contributed by atoms with Gasteiger partial charge in [-0.2, -0.15) is 0 Å². The van der Waals surface area contributed by atoms with Crippen LogP contribution in [-0.4, -0.2) is 32.7 Å². The first-order valence-electron chi connectivity index (χ1n) is 7.08. The molecule has 0 heterocycles. The van der Waals surface area contributed by atoms with Crippen LogP contribution in [0.2, 0.25) is 5.02 Å². The first-order chi connectivity index (χ1) is 10.1. The second-order valence-corrected chi connectivity index (χ2v) is 5.50. The van der Waals surface area contributed by atoms with Crippen LogP contribution in [0.5, 0.6) is 11.5 Å². The van der Waals surface area contributed by atoms with E-state index < -0.39 is 0 Å².